The molecule has 0 aliphatic carbocycles. The highest BCUT2D eigenvalue weighted by Crippen LogP contribution is 2.33. The maximum Gasteiger partial charge on any atom is 0.418 e. The topological polar surface area (TPSA) is 255 Å². The molecule has 1 fully saturated rings. The van der Waals surface area contributed by atoms with E-state index in [9.17, 15) is 27.9 Å². The first kappa shape index (κ1) is 35.2. The maximum absolute atomic E-state index is 13.2. The van der Waals surface area contributed by atoms with Crippen molar-refractivity contribution in [3.8, 4) is 17.0 Å². The van der Waals surface area contributed by atoms with Gasteiger partial charge in [-0.1, -0.05) is 5.16 Å². The fourth-order valence-corrected chi connectivity index (χ4v) is 5.80. The molecule has 3 aromatic rings. The Morgan fingerprint density at radius 2 is 1.96 bits per heavy atom. The number of nitrogens with two attached hydrogens (primary N) is 2. The normalized spacial score (nSPS) is 16.8. The molecule has 2 atom stereocenters. The van der Waals surface area contributed by atoms with E-state index < -0.39 is 58.2 Å². The van der Waals surface area contributed by atoms with Crippen LogP contribution in [0.1, 0.15) is 31.5 Å². The summed E-state index contributed by atoms with van der Waals surface area (Å²) in [5, 5.41) is 17.7. The Hall–Kier alpha value is -4.63. The summed E-state index contributed by atoms with van der Waals surface area (Å²) in [6, 6.07) is 5.70. The number of carboxylic acids is 1. The van der Waals surface area contributed by atoms with E-state index in [1.807, 2.05) is 37.0 Å². The molecule has 0 unspecified atom stereocenters. The lowest BCUT2D eigenvalue weighted by molar-refractivity contribution is -0.772. The minimum absolute atomic E-state index is 0.0609. The van der Waals surface area contributed by atoms with Crippen LogP contribution in [0.15, 0.2) is 41.0 Å². The average Bonchev–Trinajstić information content (AvgIpc) is 3.55. The Balaban J connectivity index is 1.46. The minimum atomic E-state index is -5.02. The van der Waals surface area contributed by atoms with Crippen LogP contribution < -0.4 is 26.2 Å². The highest BCUT2D eigenvalue weighted by Gasteiger charge is 2.58. The number of carbonyl (C=O) groups is 3. The van der Waals surface area contributed by atoms with Gasteiger partial charge in [-0.25, -0.2) is 9.78 Å². The average molecular weight is 696 g/mol. The number of hydroxylamine groups is 2. The summed E-state index contributed by atoms with van der Waals surface area (Å²) < 4.78 is 45.2. The van der Waals surface area contributed by atoms with Crippen molar-refractivity contribution in [2.75, 3.05) is 18.9 Å². The number of anilines is 1. The van der Waals surface area contributed by atoms with Crippen molar-refractivity contribution in [1.29, 1.82) is 0 Å². The lowest BCUT2D eigenvalue weighted by Crippen LogP contribution is -2.76. The van der Waals surface area contributed by atoms with Gasteiger partial charge in [-0.05, 0) is 51.6 Å². The van der Waals surface area contributed by atoms with Crippen molar-refractivity contribution in [3.63, 3.8) is 0 Å². The lowest BCUT2D eigenvalue weighted by Gasteiger charge is -2.50. The minimum Gasteiger partial charge on any atom is -0.489 e. The molecule has 18 nitrogen and oxygen atoms in total. The second-order valence-electron chi connectivity index (χ2n) is 11.0. The van der Waals surface area contributed by atoms with Gasteiger partial charge in [0.2, 0.25) is 0 Å². The summed E-state index contributed by atoms with van der Waals surface area (Å²) in [6.07, 6.45) is 1.20. The number of carbonyl (C=O) groups excluding carboxylic acids is 2. The number of benzene rings is 1. The van der Waals surface area contributed by atoms with E-state index in [-0.39, 0.29) is 10.8 Å². The second kappa shape index (κ2) is 14.0. The first-order valence-corrected chi connectivity index (χ1v) is 16.3. The number of aromatic nitrogens is 3. The number of hydrogen-bond acceptors (Lipinski definition) is 13. The molecule has 1 aromatic carbocycles. The van der Waals surface area contributed by atoms with E-state index in [1.165, 1.54) is 19.2 Å². The van der Waals surface area contributed by atoms with Gasteiger partial charge in [0, 0.05) is 22.9 Å². The molecule has 0 bridgehead atoms. The predicted octanol–water partition coefficient (Wildman–Crippen LogP) is -0.232. The molecule has 254 valence electrons. The Labute approximate surface area is 273 Å². The number of aryl methyl sites for hydroxylation is 2. The molecule has 1 saturated heterocycles. The van der Waals surface area contributed by atoms with Gasteiger partial charge in [0.25, 0.3) is 17.9 Å². The van der Waals surface area contributed by atoms with Gasteiger partial charge in [-0.2, -0.15) is 18.2 Å². The second-order valence-corrected chi connectivity index (χ2v) is 12.9. The number of hydrogen-bond donors (Lipinski definition) is 5. The number of carboxylic acid groups (broad SMARTS) is 1. The molecule has 4 rings (SSSR count). The molecule has 2 aromatic heterocycles. The number of oxime groups is 1. The largest absolute Gasteiger partial charge is 0.489 e. The third-order valence-electron chi connectivity index (χ3n) is 7.19. The van der Waals surface area contributed by atoms with Gasteiger partial charge in [0.1, 0.15) is 29.8 Å². The van der Waals surface area contributed by atoms with Gasteiger partial charge >= 0.3 is 16.4 Å². The van der Waals surface area contributed by atoms with Crippen LogP contribution in [-0.2, 0) is 47.5 Å². The van der Waals surface area contributed by atoms with E-state index in [1.54, 1.807) is 12.1 Å². The summed E-state index contributed by atoms with van der Waals surface area (Å²) >= 11 is 0.961. The van der Waals surface area contributed by atoms with Crippen LogP contribution in [0, 0.1) is 6.92 Å². The third-order valence-corrected chi connectivity index (χ3v) is 8.20. The van der Waals surface area contributed by atoms with Crippen molar-refractivity contribution in [2.45, 2.75) is 51.4 Å². The van der Waals surface area contributed by atoms with Crippen LogP contribution >= 0.6 is 11.3 Å². The van der Waals surface area contributed by atoms with E-state index in [2.05, 4.69) is 24.4 Å². The van der Waals surface area contributed by atoms with Crippen LogP contribution in [0.3, 0.4) is 0 Å². The van der Waals surface area contributed by atoms with Crippen LogP contribution in [0.5, 0.6) is 5.75 Å². The van der Waals surface area contributed by atoms with E-state index >= 15 is 0 Å². The first-order valence-electron chi connectivity index (χ1n) is 14.0. The van der Waals surface area contributed by atoms with Crippen LogP contribution in [0.2, 0.25) is 0 Å². The van der Waals surface area contributed by atoms with E-state index in [4.69, 9.17) is 25.6 Å². The summed E-state index contributed by atoms with van der Waals surface area (Å²) in [5.41, 5.74) is 12.3. The fourth-order valence-electron chi connectivity index (χ4n) is 4.80. The zero-order valence-electron chi connectivity index (χ0n) is 25.8. The number of nitrogen functional groups attached to an aromatic ring is 1. The molecule has 2 amide bonds. The maximum atomic E-state index is 13.2. The summed E-state index contributed by atoms with van der Waals surface area (Å²) in [6.45, 7) is 5.59. The van der Waals surface area contributed by atoms with Crippen molar-refractivity contribution in [1.82, 2.24) is 20.0 Å². The Morgan fingerprint density at radius 3 is 2.51 bits per heavy atom. The van der Waals surface area contributed by atoms with Crippen molar-refractivity contribution >= 4 is 50.4 Å². The molecular formula is C27H35N8O10S2+. The van der Waals surface area contributed by atoms with Crippen LogP contribution in [0.4, 0.5) is 5.13 Å². The smallest absolute Gasteiger partial charge is 0.418 e. The van der Waals surface area contributed by atoms with E-state index in [0.717, 1.165) is 41.1 Å². The van der Waals surface area contributed by atoms with Crippen molar-refractivity contribution in [2.24, 2.45) is 17.9 Å². The zero-order valence-corrected chi connectivity index (χ0v) is 27.4. The van der Waals surface area contributed by atoms with Crippen LogP contribution in [-0.4, -0.2) is 87.1 Å². The number of amides is 2. The number of thiazole rings is 1. The SMILES string of the molecule is Cc1c[n+](CCCN)n(C)c1-c1ccc(OC[C@H](O/N=C(\C(=O)N[C@@H]2C(=O)N(OS(=O)(=O)O)C2(C)C)c2csc(N)n2)C(=O)O)cc1. The fraction of sp³-hybridized carbons (Fsp3) is 0.407. The number of ether oxygens (including phenoxy) is 1. The van der Waals surface area contributed by atoms with E-state index in [0.29, 0.717) is 17.4 Å². The summed E-state index contributed by atoms with van der Waals surface area (Å²) in [7, 11) is -3.07. The molecule has 20 heteroatoms. The molecule has 0 saturated carbocycles. The molecule has 1 aliphatic rings. The molecular weight excluding hydrogens is 660 g/mol. The van der Waals surface area contributed by atoms with Crippen LogP contribution in [0.25, 0.3) is 11.3 Å². The Bertz CT molecular complexity index is 1790. The van der Waals surface area contributed by atoms with Gasteiger partial charge in [-0.3, -0.25) is 14.1 Å². The predicted molar refractivity (Wildman–Crippen MR) is 166 cm³/mol. The molecule has 1 aliphatic heterocycles. The van der Waals surface area contributed by atoms with Gasteiger partial charge in [0.05, 0.1) is 12.6 Å². The van der Waals surface area contributed by atoms with Crippen molar-refractivity contribution < 1.29 is 51.0 Å². The lowest BCUT2D eigenvalue weighted by atomic mass is 9.84. The number of rotatable bonds is 15. The van der Waals surface area contributed by atoms with Gasteiger partial charge in [0.15, 0.2) is 23.6 Å². The number of β-lactam (4-membered cyclic amide) rings is 1. The van der Waals surface area contributed by atoms with Gasteiger partial charge in [-0.15, -0.1) is 20.3 Å². The molecule has 7 N–H and O–H groups in total. The van der Waals surface area contributed by atoms with Crippen molar-refractivity contribution in [3.05, 3.63) is 47.1 Å². The molecule has 3 heterocycles. The molecule has 0 radical (unpaired) electrons. The number of nitrogens with one attached hydrogen (secondary N) is 1. The number of aliphatic carboxylic acids is 1. The third kappa shape index (κ3) is 8.03. The summed E-state index contributed by atoms with van der Waals surface area (Å²) in [5.74, 6) is -3.11. The van der Waals surface area contributed by atoms with Gasteiger partial charge < -0.3 is 31.5 Å². The highest BCUT2D eigenvalue weighted by molar-refractivity contribution is 7.80. The monoisotopic (exact) mass is 695 g/mol. The molecule has 0 spiro atoms. The Morgan fingerprint density at radius 1 is 1.28 bits per heavy atom. The zero-order chi connectivity index (χ0) is 34.7. The number of nitrogens with zero attached hydrogens (tertiary/aromatic N) is 5. The molecule has 47 heavy (non-hydrogen) atoms. The quantitative estimate of drug-likeness (QED) is 0.0453. The summed E-state index contributed by atoms with van der Waals surface area (Å²) in [4.78, 5) is 46.9. The Kier molecular flexibility index (Phi) is 10.5. The standard InChI is InChI=1S/C27H34N8O10S2/c1-15-12-34(11-5-10-28)33(4)21(15)16-6-8-17(9-7-16)43-13-19(25(38)39)44-32-20(18-14-46-26(29)30-18)23(36)31-22-24(37)35(27(22,2)3)45-47(40,41)42/h6-9,12,14,19,22H,5,10-11,13,28H2,1-4H3,(H4-,29,30,31,36,38,39,40,41,42)/p+1/b32-20-/t19-,22+/m0/s1. The first-order chi connectivity index (χ1) is 22.0. The highest BCUT2D eigenvalue weighted by atomic mass is 32.3.